The van der Waals surface area contributed by atoms with Crippen molar-refractivity contribution in [2.45, 2.75) is 92.1 Å². The molecular formula is C39H67FN6O5. The van der Waals surface area contributed by atoms with Gasteiger partial charge < -0.3 is 25.0 Å². The summed E-state index contributed by atoms with van der Waals surface area (Å²) in [6, 6.07) is 17.7. The van der Waals surface area contributed by atoms with Gasteiger partial charge in [-0.25, -0.2) is 0 Å². The van der Waals surface area contributed by atoms with E-state index in [1.807, 2.05) is 94.7 Å². The Morgan fingerprint density at radius 1 is 0.824 bits per heavy atom. The van der Waals surface area contributed by atoms with Gasteiger partial charge in [-0.1, -0.05) is 65.7 Å². The summed E-state index contributed by atoms with van der Waals surface area (Å²) in [6.45, 7) is 15.2. The Labute approximate surface area is 307 Å². The van der Waals surface area contributed by atoms with Crippen LogP contribution in [0.4, 0.5) is 4.39 Å². The van der Waals surface area contributed by atoms with Crippen LogP contribution in [-0.2, 0) is 33.9 Å². The Bertz CT molecular complexity index is 1090. The third-order valence-electron chi connectivity index (χ3n) is 7.07. The van der Waals surface area contributed by atoms with Crippen LogP contribution in [0.3, 0.4) is 0 Å². The molecule has 3 N–H and O–H groups in total. The summed E-state index contributed by atoms with van der Waals surface area (Å²) in [5, 5.41) is 18.3. The maximum atomic E-state index is 13.0. The number of alkyl halides is 1. The molecule has 2 atom stereocenters. The highest BCUT2D eigenvalue weighted by molar-refractivity contribution is 5.78. The largest absolute Gasteiger partial charge is 0.400 e. The lowest BCUT2D eigenvalue weighted by atomic mass is 10.1. The number of carbonyl (C=O) groups excluding carboxylic acids is 1. The molecule has 0 aliphatic carbocycles. The number of aliphatic hydroxyl groups excluding tert-OH is 2. The lowest BCUT2D eigenvalue weighted by Crippen LogP contribution is -2.49. The Hall–Kier alpha value is -3.39. The fourth-order valence-electron chi connectivity index (χ4n) is 4.77. The van der Waals surface area contributed by atoms with Gasteiger partial charge in [-0.2, -0.15) is 0 Å². The number of carbonyl (C=O) groups is 1. The van der Waals surface area contributed by atoms with Crippen LogP contribution in [0.25, 0.3) is 0 Å². The molecule has 0 radical (unpaired) electrons. The van der Waals surface area contributed by atoms with Crippen molar-refractivity contribution in [3.8, 4) is 0 Å². The second-order valence-corrected chi connectivity index (χ2v) is 10.7. The van der Waals surface area contributed by atoms with Gasteiger partial charge in [0, 0.05) is 72.1 Å². The average molecular weight is 719 g/mol. The van der Waals surface area contributed by atoms with Gasteiger partial charge in [0.1, 0.15) is 0 Å². The molecule has 51 heavy (non-hydrogen) atoms. The van der Waals surface area contributed by atoms with Gasteiger partial charge in [0.2, 0.25) is 5.91 Å². The van der Waals surface area contributed by atoms with Crippen LogP contribution >= 0.6 is 0 Å². The molecule has 4 rings (SSSR count). The summed E-state index contributed by atoms with van der Waals surface area (Å²) in [7, 11) is 3.18. The molecule has 11 nitrogen and oxygen atoms in total. The van der Waals surface area contributed by atoms with E-state index in [0.29, 0.717) is 53.2 Å². The van der Waals surface area contributed by atoms with Gasteiger partial charge in [0.15, 0.2) is 0 Å². The number of aliphatic hydroxyl groups is 2. The van der Waals surface area contributed by atoms with Gasteiger partial charge in [-0.05, 0) is 49.2 Å². The smallest absolute Gasteiger partial charge is 0.234 e. The van der Waals surface area contributed by atoms with E-state index >= 15 is 0 Å². The van der Waals surface area contributed by atoms with Crippen molar-refractivity contribution >= 4 is 5.91 Å². The summed E-state index contributed by atoms with van der Waals surface area (Å²) >= 11 is 0. The van der Waals surface area contributed by atoms with Gasteiger partial charge in [-0.15, -0.1) is 0 Å². The first-order chi connectivity index (χ1) is 25.1. The molecule has 0 bridgehead atoms. The van der Waals surface area contributed by atoms with Crippen LogP contribution in [0.15, 0.2) is 73.2 Å². The van der Waals surface area contributed by atoms with E-state index in [1.54, 1.807) is 13.3 Å². The predicted octanol–water partition coefficient (Wildman–Crippen LogP) is 5.71. The zero-order valence-corrected chi connectivity index (χ0v) is 32.5. The van der Waals surface area contributed by atoms with Gasteiger partial charge in [0.25, 0.3) is 0 Å². The van der Waals surface area contributed by atoms with Crippen LogP contribution in [0.2, 0.25) is 0 Å². The Morgan fingerprint density at radius 2 is 1.29 bits per heavy atom. The standard InChI is InChI=1S/C28H36N6O3.C5H12O.2C2H6.CH3F.CH4O/c1-36-27-16-26(21-37-22-27)32-28(35)20-34(19-25-10-4-7-13-31-25)15-14-33(17-23-8-2-5-11-29-23)18-24-9-3-6-12-30-24;1-2-3-4-5-6;4*1-2/h2-13,26-27H,14-22H2,1H3,(H,32,35);6H,2-5H2,1H3;2*1-2H3;1H3;2H,1H3. The predicted molar refractivity (Wildman–Crippen MR) is 205 cm³/mol. The molecule has 1 aliphatic heterocycles. The molecule has 290 valence electrons. The Morgan fingerprint density at radius 3 is 1.69 bits per heavy atom. The van der Waals surface area contributed by atoms with E-state index in [4.69, 9.17) is 19.7 Å². The summed E-state index contributed by atoms with van der Waals surface area (Å²) < 4.78 is 20.5. The fourth-order valence-corrected chi connectivity index (χ4v) is 4.77. The summed E-state index contributed by atoms with van der Waals surface area (Å²) in [4.78, 5) is 31.0. The number of pyridine rings is 3. The Kier molecular flexibility index (Phi) is 35.5. The number of halogens is 1. The molecular weight excluding hydrogens is 651 g/mol. The van der Waals surface area contributed by atoms with Crippen LogP contribution in [0, 0.1) is 0 Å². The maximum absolute atomic E-state index is 13.0. The Balaban J connectivity index is 0. The highest BCUT2D eigenvalue weighted by Crippen LogP contribution is 2.11. The molecule has 3 aromatic heterocycles. The van der Waals surface area contributed by atoms with Gasteiger partial charge in [0.05, 0.1) is 56.2 Å². The molecule has 3 aromatic rings. The first-order valence-corrected chi connectivity index (χ1v) is 18.1. The number of rotatable bonds is 16. The number of unbranched alkanes of at least 4 members (excludes halogenated alkanes) is 2. The van der Waals surface area contributed by atoms with Crippen molar-refractivity contribution in [3.05, 3.63) is 90.3 Å². The van der Waals surface area contributed by atoms with Crippen molar-refractivity contribution in [1.29, 1.82) is 0 Å². The highest BCUT2D eigenvalue weighted by atomic mass is 19.1. The summed E-state index contributed by atoms with van der Waals surface area (Å²) in [5.74, 6) is -0.0257. The molecule has 4 heterocycles. The molecule has 2 unspecified atom stereocenters. The second kappa shape index (κ2) is 36.4. The first-order valence-electron chi connectivity index (χ1n) is 18.1. The van der Waals surface area contributed by atoms with Crippen molar-refractivity contribution < 1.29 is 28.9 Å². The number of nitrogens with zero attached hydrogens (tertiary/aromatic N) is 5. The molecule has 0 aromatic carbocycles. The quantitative estimate of drug-likeness (QED) is 0.158. The normalized spacial score (nSPS) is 14.4. The zero-order chi connectivity index (χ0) is 38.5. The van der Waals surface area contributed by atoms with E-state index in [9.17, 15) is 9.18 Å². The van der Waals surface area contributed by atoms with Gasteiger partial charge >= 0.3 is 0 Å². The summed E-state index contributed by atoms with van der Waals surface area (Å²) in [5.41, 5.74) is 2.92. The average Bonchev–Trinajstić information content (AvgIpc) is 3.20. The van der Waals surface area contributed by atoms with Crippen molar-refractivity contribution in [1.82, 2.24) is 30.1 Å². The van der Waals surface area contributed by atoms with E-state index < -0.39 is 0 Å². The minimum Gasteiger partial charge on any atom is -0.400 e. The number of hydrogen-bond donors (Lipinski definition) is 3. The zero-order valence-electron chi connectivity index (χ0n) is 32.5. The third-order valence-corrected chi connectivity index (χ3v) is 7.07. The first kappa shape index (κ1) is 49.7. The number of nitrogens with one attached hydrogen (secondary N) is 1. The lowest BCUT2D eigenvalue weighted by molar-refractivity contribution is -0.125. The topological polar surface area (TPSA) is 133 Å². The minimum absolute atomic E-state index is 0.00965. The fraction of sp³-hybridized carbons (Fsp3) is 0.590. The van der Waals surface area contributed by atoms with Crippen LogP contribution in [0.5, 0.6) is 0 Å². The van der Waals surface area contributed by atoms with E-state index in [1.165, 1.54) is 6.42 Å². The minimum atomic E-state index is -0.0484. The van der Waals surface area contributed by atoms with E-state index in [0.717, 1.165) is 50.0 Å². The van der Waals surface area contributed by atoms with Crippen molar-refractivity contribution in [2.75, 3.05) is 60.9 Å². The molecule has 1 fully saturated rings. The summed E-state index contributed by atoms with van der Waals surface area (Å²) in [6.07, 6.45) is 9.50. The number of amides is 1. The van der Waals surface area contributed by atoms with Crippen LogP contribution < -0.4 is 5.32 Å². The number of methoxy groups -OCH3 is 1. The van der Waals surface area contributed by atoms with Crippen LogP contribution in [-0.4, -0.2) is 114 Å². The SMILES string of the molecule is CC.CC.CCCCCO.CF.CO.COC1COCC(NC(=O)CN(CCN(Cc2ccccn2)Cc2ccccn2)Cc2ccccn2)C1. The van der Waals surface area contributed by atoms with Crippen molar-refractivity contribution in [3.63, 3.8) is 0 Å². The number of ether oxygens (including phenoxy) is 2. The molecule has 1 saturated heterocycles. The maximum Gasteiger partial charge on any atom is 0.234 e. The van der Waals surface area contributed by atoms with Crippen LogP contribution in [0.1, 0.15) is 77.4 Å². The third kappa shape index (κ3) is 25.2. The number of aromatic nitrogens is 3. The highest BCUT2D eigenvalue weighted by Gasteiger charge is 2.24. The second-order valence-electron chi connectivity index (χ2n) is 10.7. The molecule has 0 spiro atoms. The van der Waals surface area contributed by atoms with Gasteiger partial charge in [-0.3, -0.25) is 33.9 Å². The molecule has 1 aliphatic rings. The van der Waals surface area contributed by atoms with E-state index in [2.05, 4.69) is 37.0 Å². The van der Waals surface area contributed by atoms with E-state index in [-0.39, 0.29) is 24.6 Å². The lowest BCUT2D eigenvalue weighted by Gasteiger charge is -2.30. The molecule has 12 heteroatoms. The molecule has 1 amide bonds. The number of hydrogen-bond acceptors (Lipinski definition) is 10. The monoisotopic (exact) mass is 719 g/mol. The van der Waals surface area contributed by atoms with Crippen molar-refractivity contribution in [2.24, 2.45) is 0 Å². The molecule has 0 saturated carbocycles.